The average Bonchev–Trinajstić information content (AvgIpc) is 3.22. The van der Waals surface area contributed by atoms with Crippen molar-refractivity contribution in [2.75, 3.05) is 0 Å². The highest BCUT2D eigenvalue weighted by molar-refractivity contribution is 6.11. The van der Waals surface area contributed by atoms with Gasteiger partial charge in [-0.3, -0.25) is 0 Å². The fraction of sp³-hybridized carbons (Fsp3) is 0.500. The van der Waals surface area contributed by atoms with E-state index in [9.17, 15) is 0 Å². The lowest BCUT2D eigenvalue weighted by Crippen LogP contribution is -2.33. The van der Waals surface area contributed by atoms with Gasteiger partial charge in [0.2, 0.25) is 5.69 Å². The molecule has 2 heterocycles. The highest BCUT2D eigenvalue weighted by atomic mass is 16.3. The molecule has 2 aromatic carbocycles. The topological polar surface area (TPSA) is 17.0 Å². The van der Waals surface area contributed by atoms with Crippen LogP contribution in [0, 0.1) is 12.8 Å². The monoisotopic (exact) mass is 480 g/mol. The van der Waals surface area contributed by atoms with Crippen LogP contribution in [0.4, 0.5) is 0 Å². The summed E-state index contributed by atoms with van der Waals surface area (Å²) in [5.41, 5.74) is 10.6. The molecule has 4 aromatic rings. The number of benzene rings is 2. The van der Waals surface area contributed by atoms with Gasteiger partial charge in [0, 0.05) is 28.5 Å². The molecular weight excluding hydrogens is 438 g/mol. The lowest BCUT2D eigenvalue weighted by atomic mass is 9.63. The first kappa shape index (κ1) is 23.8. The van der Waals surface area contributed by atoms with Crippen LogP contribution in [0.25, 0.3) is 33.2 Å². The number of rotatable bonds is 3. The first-order valence-corrected chi connectivity index (χ1v) is 14.1. The Bertz CT molecular complexity index is 1460. The summed E-state index contributed by atoms with van der Waals surface area (Å²) in [6.45, 7) is 11.8. The molecule has 36 heavy (non-hydrogen) atoms. The van der Waals surface area contributed by atoms with Gasteiger partial charge in [-0.15, -0.1) is 0 Å². The number of hydrogen-bond acceptors (Lipinski definition) is 1. The molecule has 0 N–H and O–H groups in total. The Balaban J connectivity index is 1.56. The zero-order chi connectivity index (χ0) is 25.2. The Morgan fingerprint density at radius 1 is 0.861 bits per heavy atom. The Morgan fingerprint density at radius 2 is 1.56 bits per heavy atom. The highest BCUT2D eigenvalue weighted by Crippen LogP contribution is 2.50. The van der Waals surface area contributed by atoms with E-state index in [2.05, 4.69) is 88.8 Å². The van der Waals surface area contributed by atoms with E-state index in [4.69, 9.17) is 4.42 Å². The van der Waals surface area contributed by atoms with Crippen LogP contribution >= 0.6 is 0 Å². The molecule has 1 saturated carbocycles. The molecule has 0 bridgehead atoms. The van der Waals surface area contributed by atoms with Gasteiger partial charge >= 0.3 is 0 Å². The minimum absolute atomic E-state index is 0.109. The molecule has 6 rings (SSSR count). The SMILES string of the molecule is Cc1ccc2c(oc3c4c(ccc32)C(C)(C)CCC4(C)C)c1-c1cc(CC2CCCCC2)cc[n+]1C. The summed E-state index contributed by atoms with van der Waals surface area (Å²) >= 11 is 0. The van der Waals surface area contributed by atoms with E-state index in [0.717, 1.165) is 17.1 Å². The molecule has 2 nitrogen and oxygen atoms in total. The molecule has 2 heteroatoms. The van der Waals surface area contributed by atoms with Crippen molar-refractivity contribution in [3.05, 3.63) is 64.8 Å². The van der Waals surface area contributed by atoms with Crippen molar-refractivity contribution in [1.82, 2.24) is 0 Å². The molecule has 0 amide bonds. The van der Waals surface area contributed by atoms with Crippen molar-refractivity contribution in [3.8, 4) is 11.3 Å². The smallest absolute Gasteiger partial charge is 0.216 e. The first-order valence-electron chi connectivity index (χ1n) is 14.1. The van der Waals surface area contributed by atoms with Gasteiger partial charge in [-0.2, -0.15) is 0 Å². The maximum absolute atomic E-state index is 6.98. The maximum atomic E-state index is 6.98. The van der Waals surface area contributed by atoms with Crippen LogP contribution in [-0.2, 0) is 24.3 Å². The molecule has 1 fully saturated rings. The van der Waals surface area contributed by atoms with Crippen molar-refractivity contribution in [1.29, 1.82) is 0 Å². The Kier molecular flexibility index (Phi) is 5.59. The quantitative estimate of drug-likeness (QED) is 0.268. The van der Waals surface area contributed by atoms with Crippen LogP contribution in [0.15, 0.2) is 47.0 Å². The summed E-state index contributed by atoms with van der Waals surface area (Å²) in [6.07, 6.45) is 12.8. The van der Waals surface area contributed by atoms with Crippen molar-refractivity contribution < 1.29 is 8.98 Å². The van der Waals surface area contributed by atoms with Gasteiger partial charge in [-0.05, 0) is 59.6 Å². The van der Waals surface area contributed by atoms with E-state index >= 15 is 0 Å². The summed E-state index contributed by atoms with van der Waals surface area (Å²) in [7, 11) is 2.17. The number of aromatic nitrogens is 1. The van der Waals surface area contributed by atoms with Gasteiger partial charge in [0.25, 0.3) is 0 Å². The third-order valence-electron chi connectivity index (χ3n) is 9.52. The fourth-order valence-corrected chi connectivity index (χ4v) is 7.15. The van der Waals surface area contributed by atoms with E-state index in [1.807, 2.05) is 0 Å². The highest BCUT2D eigenvalue weighted by Gasteiger charge is 2.39. The molecule has 0 unspecified atom stereocenters. The lowest BCUT2D eigenvalue weighted by molar-refractivity contribution is -0.660. The predicted octanol–water partition coefficient (Wildman–Crippen LogP) is 8.86. The molecule has 0 saturated heterocycles. The molecule has 0 radical (unpaired) electrons. The third kappa shape index (κ3) is 3.80. The second-order valence-electron chi connectivity index (χ2n) is 13.1. The standard InChI is InChI=1S/C34H42NO/c1-22-12-13-25-26-14-15-27-30(34(4,5)18-17-33(27,2)3)32(26)36-31(25)29(22)28-21-24(16-19-35(28)6)20-23-10-8-7-9-11-23/h12-16,19,21,23H,7-11,17-18,20H2,1-6H3/q+1. The van der Waals surface area contributed by atoms with Crippen molar-refractivity contribution in [3.63, 3.8) is 0 Å². The Labute approximate surface area is 216 Å². The summed E-state index contributed by atoms with van der Waals surface area (Å²) in [6, 6.07) is 14.0. The number of nitrogens with zero attached hydrogens (tertiary/aromatic N) is 1. The van der Waals surface area contributed by atoms with Crippen LogP contribution < -0.4 is 4.57 Å². The summed E-state index contributed by atoms with van der Waals surface area (Å²) in [5.74, 6) is 0.833. The maximum Gasteiger partial charge on any atom is 0.216 e. The van der Waals surface area contributed by atoms with Crippen molar-refractivity contribution in [2.24, 2.45) is 13.0 Å². The molecule has 2 aliphatic carbocycles. The second-order valence-corrected chi connectivity index (χ2v) is 13.1. The van der Waals surface area contributed by atoms with Gasteiger partial charge in [0.1, 0.15) is 18.2 Å². The summed E-state index contributed by atoms with van der Waals surface area (Å²) in [5, 5.41) is 2.50. The number of pyridine rings is 1. The molecule has 188 valence electrons. The molecule has 0 spiro atoms. The largest absolute Gasteiger partial charge is 0.455 e. The zero-order valence-corrected chi connectivity index (χ0v) is 23.1. The van der Waals surface area contributed by atoms with Gasteiger partial charge in [-0.1, -0.05) is 84.1 Å². The van der Waals surface area contributed by atoms with Crippen molar-refractivity contribution >= 4 is 21.9 Å². The second kappa shape index (κ2) is 8.47. The molecule has 2 aliphatic rings. The summed E-state index contributed by atoms with van der Waals surface area (Å²) in [4.78, 5) is 0. The van der Waals surface area contributed by atoms with E-state index in [1.54, 1.807) is 0 Å². The third-order valence-corrected chi connectivity index (χ3v) is 9.52. The number of fused-ring (bicyclic) bond motifs is 5. The minimum atomic E-state index is 0.109. The van der Waals surface area contributed by atoms with Gasteiger partial charge in [0.05, 0.1) is 5.56 Å². The van der Waals surface area contributed by atoms with E-state index in [-0.39, 0.29) is 10.8 Å². The van der Waals surface area contributed by atoms with Crippen LogP contribution in [0.1, 0.15) is 94.9 Å². The van der Waals surface area contributed by atoms with Crippen LogP contribution in [0.2, 0.25) is 0 Å². The molecule has 0 aliphatic heterocycles. The van der Waals surface area contributed by atoms with Crippen LogP contribution in [0.3, 0.4) is 0 Å². The van der Waals surface area contributed by atoms with Crippen LogP contribution in [-0.4, -0.2) is 0 Å². The predicted molar refractivity (Wildman–Crippen MR) is 151 cm³/mol. The summed E-state index contributed by atoms with van der Waals surface area (Å²) < 4.78 is 9.26. The van der Waals surface area contributed by atoms with Gasteiger partial charge < -0.3 is 4.42 Å². The average molecular weight is 481 g/mol. The molecular formula is C34H42NO+. The normalized spacial score (nSPS) is 19.6. The van der Waals surface area contributed by atoms with E-state index < -0.39 is 0 Å². The number of furan rings is 1. The minimum Gasteiger partial charge on any atom is -0.455 e. The zero-order valence-electron chi connectivity index (χ0n) is 23.1. The van der Waals surface area contributed by atoms with Gasteiger partial charge in [-0.25, -0.2) is 4.57 Å². The number of hydrogen-bond donors (Lipinski definition) is 0. The van der Waals surface area contributed by atoms with Crippen molar-refractivity contribution in [2.45, 2.75) is 96.8 Å². The Morgan fingerprint density at radius 3 is 2.33 bits per heavy atom. The Hall–Kier alpha value is -2.61. The van der Waals surface area contributed by atoms with E-state index in [1.165, 1.54) is 95.7 Å². The number of aryl methyl sites for hydroxylation is 2. The van der Waals surface area contributed by atoms with E-state index in [0.29, 0.717) is 0 Å². The first-order chi connectivity index (χ1) is 17.2. The van der Waals surface area contributed by atoms with Gasteiger partial charge in [0.15, 0.2) is 6.20 Å². The fourth-order valence-electron chi connectivity index (χ4n) is 7.15. The molecule has 0 atom stereocenters. The lowest BCUT2D eigenvalue weighted by Gasteiger charge is -2.41. The molecule has 2 aromatic heterocycles. The van der Waals surface area contributed by atoms with Crippen LogP contribution in [0.5, 0.6) is 0 Å².